The van der Waals surface area contributed by atoms with E-state index in [4.69, 9.17) is 9.47 Å². The molecule has 184 valence electrons. The number of hydrogen-bond donors (Lipinski definition) is 3. The fourth-order valence-corrected chi connectivity index (χ4v) is 5.68. The Balaban J connectivity index is 1.99. The predicted octanol–water partition coefficient (Wildman–Crippen LogP) is 2.31. The molecule has 0 aliphatic carbocycles. The molecule has 3 atom stereocenters. The second kappa shape index (κ2) is 9.63. The lowest BCUT2D eigenvalue weighted by molar-refractivity contribution is -0.145. The molecule has 0 bridgehead atoms. The third-order valence-corrected chi connectivity index (χ3v) is 7.75. The first-order valence-electron chi connectivity index (χ1n) is 10.7. The van der Waals surface area contributed by atoms with Crippen molar-refractivity contribution in [3.05, 3.63) is 53.6 Å². The monoisotopic (exact) mass is 490 g/mol. The number of rotatable bonds is 7. The van der Waals surface area contributed by atoms with Crippen molar-refractivity contribution in [3.63, 3.8) is 0 Å². The number of carboxylic acid groups (broad SMARTS) is 1. The third-order valence-electron chi connectivity index (χ3n) is 5.82. The van der Waals surface area contributed by atoms with Crippen molar-refractivity contribution in [2.45, 2.75) is 49.5 Å². The molecule has 1 aliphatic rings. The van der Waals surface area contributed by atoms with Crippen LogP contribution in [-0.4, -0.2) is 51.7 Å². The number of carbonyl (C=O) groups excluding carboxylic acids is 1. The molecule has 10 heteroatoms. The second-order valence-electron chi connectivity index (χ2n) is 9.21. The highest BCUT2D eigenvalue weighted by Crippen LogP contribution is 2.37. The molecule has 3 rings (SSSR count). The SMILES string of the molecule is COc1ccc(S(=O)(=O)C2N[C@H](C(=O)NC(C(=O)O)C(C)(C)C)Cc3ccccc32)cc1OC. The van der Waals surface area contributed by atoms with Crippen LogP contribution in [0.1, 0.15) is 37.3 Å². The van der Waals surface area contributed by atoms with E-state index in [9.17, 15) is 23.1 Å². The normalized spacial score (nSPS) is 19.0. The van der Waals surface area contributed by atoms with Gasteiger partial charge in [-0.15, -0.1) is 0 Å². The Morgan fingerprint density at radius 1 is 1.09 bits per heavy atom. The first-order chi connectivity index (χ1) is 15.9. The minimum atomic E-state index is -4.02. The maximum absolute atomic E-state index is 13.7. The number of hydrogen-bond acceptors (Lipinski definition) is 7. The van der Waals surface area contributed by atoms with Crippen LogP contribution >= 0.6 is 0 Å². The molecule has 0 spiro atoms. The third kappa shape index (κ3) is 5.02. The first kappa shape index (κ1) is 25.5. The smallest absolute Gasteiger partial charge is 0.326 e. The van der Waals surface area contributed by atoms with Gasteiger partial charge in [0.1, 0.15) is 11.4 Å². The molecule has 2 unspecified atom stereocenters. The van der Waals surface area contributed by atoms with Gasteiger partial charge in [0.15, 0.2) is 21.3 Å². The molecule has 34 heavy (non-hydrogen) atoms. The Labute approximate surface area is 199 Å². The lowest BCUT2D eigenvalue weighted by atomic mass is 9.86. The number of ether oxygens (including phenoxy) is 2. The van der Waals surface area contributed by atoms with Crippen LogP contribution < -0.4 is 20.1 Å². The van der Waals surface area contributed by atoms with Crippen LogP contribution in [0.5, 0.6) is 11.5 Å². The molecule has 1 amide bonds. The van der Waals surface area contributed by atoms with Gasteiger partial charge in [0.2, 0.25) is 5.91 Å². The van der Waals surface area contributed by atoms with Gasteiger partial charge in [-0.3, -0.25) is 10.1 Å². The van der Waals surface area contributed by atoms with Crippen molar-refractivity contribution >= 4 is 21.7 Å². The van der Waals surface area contributed by atoms with Crippen molar-refractivity contribution in [2.75, 3.05) is 14.2 Å². The van der Waals surface area contributed by atoms with E-state index in [0.717, 1.165) is 0 Å². The Kier molecular flexibility index (Phi) is 7.23. The number of aliphatic carboxylic acids is 1. The molecule has 0 saturated carbocycles. The first-order valence-corrected chi connectivity index (χ1v) is 12.3. The standard InChI is InChI=1S/C24H30N2O7S/c1-24(2,3)20(23(28)29)26-21(27)17-12-14-8-6-7-9-16(14)22(25-17)34(30,31)15-10-11-18(32-4)19(13-15)33-5/h6-11,13,17,20,22,25H,12H2,1-5H3,(H,26,27)(H,28,29)/t17-,20?,22?/m0/s1. The van der Waals surface area contributed by atoms with Gasteiger partial charge in [-0.25, -0.2) is 13.2 Å². The van der Waals surface area contributed by atoms with E-state index in [1.165, 1.54) is 32.4 Å². The van der Waals surface area contributed by atoms with Crippen LogP contribution in [0.15, 0.2) is 47.4 Å². The van der Waals surface area contributed by atoms with Gasteiger partial charge in [-0.1, -0.05) is 45.0 Å². The highest BCUT2D eigenvalue weighted by Gasteiger charge is 2.41. The van der Waals surface area contributed by atoms with E-state index in [1.54, 1.807) is 45.0 Å². The van der Waals surface area contributed by atoms with Crippen molar-refractivity contribution in [1.82, 2.24) is 10.6 Å². The molecule has 9 nitrogen and oxygen atoms in total. The Bertz CT molecular complexity index is 1190. The zero-order valence-electron chi connectivity index (χ0n) is 19.8. The van der Waals surface area contributed by atoms with E-state index in [0.29, 0.717) is 16.9 Å². The number of fused-ring (bicyclic) bond motifs is 1. The lowest BCUT2D eigenvalue weighted by Crippen LogP contribution is -2.57. The summed E-state index contributed by atoms with van der Waals surface area (Å²) >= 11 is 0. The van der Waals surface area contributed by atoms with Crippen molar-refractivity contribution in [1.29, 1.82) is 0 Å². The van der Waals surface area contributed by atoms with E-state index < -0.39 is 44.6 Å². The molecule has 2 aromatic carbocycles. The number of carbonyl (C=O) groups is 2. The lowest BCUT2D eigenvalue weighted by Gasteiger charge is -2.34. The number of carboxylic acids is 1. The summed E-state index contributed by atoms with van der Waals surface area (Å²) in [6.07, 6.45) is 0.219. The van der Waals surface area contributed by atoms with Gasteiger partial charge in [-0.2, -0.15) is 0 Å². The topological polar surface area (TPSA) is 131 Å². The summed E-state index contributed by atoms with van der Waals surface area (Å²) < 4.78 is 37.8. The molecule has 0 saturated heterocycles. The average Bonchev–Trinajstić information content (AvgIpc) is 2.79. The van der Waals surface area contributed by atoms with Crippen molar-refractivity contribution in [3.8, 4) is 11.5 Å². The molecule has 0 aromatic heterocycles. The maximum atomic E-state index is 13.7. The Morgan fingerprint density at radius 2 is 1.74 bits per heavy atom. The van der Waals surface area contributed by atoms with E-state index in [2.05, 4.69) is 10.6 Å². The van der Waals surface area contributed by atoms with Crippen molar-refractivity contribution < 1.29 is 32.6 Å². The van der Waals surface area contributed by atoms with Gasteiger partial charge in [0, 0.05) is 6.07 Å². The van der Waals surface area contributed by atoms with Crippen LogP contribution in [0, 0.1) is 5.41 Å². The van der Waals surface area contributed by atoms with Crippen LogP contribution in [0.4, 0.5) is 0 Å². The highest BCUT2D eigenvalue weighted by atomic mass is 32.2. The zero-order chi connectivity index (χ0) is 25.3. The predicted molar refractivity (Wildman–Crippen MR) is 126 cm³/mol. The maximum Gasteiger partial charge on any atom is 0.326 e. The molecule has 1 heterocycles. The number of methoxy groups -OCH3 is 2. The minimum Gasteiger partial charge on any atom is -0.493 e. The van der Waals surface area contributed by atoms with Crippen LogP contribution in [0.2, 0.25) is 0 Å². The fraction of sp³-hybridized carbons (Fsp3) is 0.417. The summed E-state index contributed by atoms with van der Waals surface area (Å²) in [6.45, 7) is 5.12. The summed E-state index contributed by atoms with van der Waals surface area (Å²) in [5.41, 5.74) is 0.490. The quantitative estimate of drug-likeness (QED) is 0.539. The Hall–Kier alpha value is -3.11. The largest absolute Gasteiger partial charge is 0.493 e. The van der Waals surface area contributed by atoms with Crippen LogP contribution in [0.3, 0.4) is 0 Å². The summed E-state index contributed by atoms with van der Waals surface area (Å²) in [4.78, 5) is 24.8. The summed E-state index contributed by atoms with van der Waals surface area (Å²) in [5.74, 6) is -1.09. The molecule has 2 aromatic rings. The second-order valence-corrected chi connectivity index (χ2v) is 11.2. The summed E-state index contributed by atoms with van der Waals surface area (Å²) in [5, 5.41) is 13.9. The van der Waals surface area contributed by atoms with E-state index in [1.807, 2.05) is 0 Å². The van der Waals surface area contributed by atoms with Crippen molar-refractivity contribution in [2.24, 2.45) is 5.41 Å². The Morgan fingerprint density at radius 3 is 2.32 bits per heavy atom. The zero-order valence-corrected chi connectivity index (χ0v) is 20.6. The van der Waals surface area contributed by atoms with Gasteiger partial charge in [0.05, 0.1) is 25.2 Å². The molecular weight excluding hydrogens is 460 g/mol. The number of benzene rings is 2. The van der Waals surface area contributed by atoms with Gasteiger partial charge >= 0.3 is 5.97 Å². The number of sulfone groups is 1. The molecular formula is C24H30N2O7S. The summed E-state index contributed by atoms with van der Waals surface area (Å²) in [7, 11) is -1.15. The number of nitrogens with one attached hydrogen (secondary N) is 2. The van der Waals surface area contributed by atoms with E-state index >= 15 is 0 Å². The van der Waals surface area contributed by atoms with Gasteiger partial charge in [0.25, 0.3) is 0 Å². The van der Waals surface area contributed by atoms with Gasteiger partial charge in [-0.05, 0) is 35.1 Å². The van der Waals surface area contributed by atoms with Crippen LogP contribution in [-0.2, 0) is 25.8 Å². The highest BCUT2D eigenvalue weighted by molar-refractivity contribution is 7.91. The fourth-order valence-electron chi connectivity index (χ4n) is 3.97. The van der Waals surface area contributed by atoms with E-state index in [-0.39, 0.29) is 17.1 Å². The molecule has 1 aliphatic heterocycles. The number of amides is 1. The van der Waals surface area contributed by atoms with Gasteiger partial charge < -0.3 is 19.9 Å². The van der Waals surface area contributed by atoms with Crippen LogP contribution in [0.25, 0.3) is 0 Å². The minimum absolute atomic E-state index is 0.00313. The molecule has 0 fully saturated rings. The summed E-state index contributed by atoms with van der Waals surface area (Å²) in [6, 6.07) is 9.20. The molecule has 3 N–H and O–H groups in total. The average molecular weight is 491 g/mol. The molecule has 0 radical (unpaired) electrons.